The predicted octanol–water partition coefficient (Wildman–Crippen LogP) is 2.34. The highest BCUT2D eigenvalue weighted by atomic mass is 19.1. The first-order valence-corrected chi connectivity index (χ1v) is 6.70. The second-order valence-corrected chi connectivity index (χ2v) is 4.65. The molecule has 1 N–H and O–H groups in total. The highest BCUT2D eigenvalue weighted by Gasteiger charge is 2.08. The molecule has 0 unspecified atom stereocenters. The van der Waals surface area contributed by atoms with Crippen LogP contribution in [0.1, 0.15) is 15.9 Å². The summed E-state index contributed by atoms with van der Waals surface area (Å²) in [5.74, 6) is 0.0347. The number of nitrogens with one attached hydrogen (secondary N) is 1. The minimum Gasteiger partial charge on any atom is -0.348 e. The van der Waals surface area contributed by atoms with Gasteiger partial charge in [0, 0.05) is 30.7 Å². The fraction of sp³-hybridized carbons (Fsp3) is 0.0625. The maximum absolute atomic E-state index is 13.5. The average Bonchev–Trinajstić information content (AvgIpc) is 3.08. The molecule has 3 aromatic rings. The van der Waals surface area contributed by atoms with Gasteiger partial charge in [0.15, 0.2) is 0 Å². The van der Waals surface area contributed by atoms with E-state index in [0.29, 0.717) is 16.9 Å². The maximum Gasteiger partial charge on any atom is 0.253 e. The third-order valence-electron chi connectivity index (χ3n) is 3.18. The summed E-state index contributed by atoms with van der Waals surface area (Å²) < 4.78 is 15.2. The molecule has 0 atom stereocenters. The molecule has 0 spiro atoms. The van der Waals surface area contributed by atoms with E-state index in [2.05, 4.69) is 15.3 Å². The van der Waals surface area contributed by atoms with Crippen LogP contribution in [0.15, 0.2) is 61.3 Å². The van der Waals surface area contributed by atoms with Gasteiger partial charge in [0.1, 0.15) is 18.0 Å². The molecule has 0 aliphatic heterocycles. The van der Waals surface area contributed by atoms with Crippen molar-refractivity contribution in [2.75, 3.05) is 0 Å². The third-order valence-corrected chi connectivity index (χ3v) is 3.18. The number of pyridine rings is 1. The highest BCUT2D eigenvalue weighted by molar-refractivity contribution is 5.93. The largest absolute Gasteiger partial charge is 0.348 e. The van der Waals surface area contributed by atoms with Crippen LogP contribution in [0.5, 0.6) is 0 Å². The molecule has 0 bridgehead atoms. The molecular weight excluding hydrogens is 283 g/mol. The van der Waals surface area contributed by atoms with Gasteiger partial charge in [-0.25, -0.2) is 14.4 Å². The lowest BCUT2D eigenvalue weighted by atomic mass is 10.2. The number of hydrogen-bond acceptors (Lipinski definition) is 3. The van der Waals surface area contributed by atoms with E-state index in [0.717, 1.165) is 0 Å². The second kappa shape index (κ2) is 6.17. The summed E-state index contributed by atoms with van der Waals surface area (Å²) in [4.78, 5) is 20.2. The van der Waals surface area contributed by atoms with Gasteiger partial charge in [-0.2, -0.15) is 0 Å². The molecule has 0 saturated heterocycles. The summed E-state index contributed by atoms with van der Waals surface area (Å²) in [6.45, 7) is 0.134. The molecule has 2 heterocycles. The Bertz CT molecular complexity index is 769. The maximum atomic E-state index is 13.5. The number of halogens is 1. The summed E-state index contributed by atoms with van der Waals surface area (Å²) in [7, 11) is 0. The zero-order valence-electron chi connectivity index (χ0n) is 11.6. The highest BCUT2D eigenvalue weighted by Crippen LogP contribution is 2.08. The predicted molar refractivity (Wildman–Crippen MR) is 78.9 cm³/mol. The number of rotatable bonds is 4. The quantitative estimate of drug-likeness (QED) is 0.804. The fourth-order valence-electron chi connectivity index (χ4n) is 1.99. The molecule has 22 heavy (non-hydrogen) atoms. The number of aromatic nitrogens is 3. The SMILES string of the molecule is O=C(NCc1ccccc1F)c1ccc(-n2ccnc2)nc1. The van der Waals surface area contributed by atoms with Crippen molar-refractivity contribution in [2.24, 2.45) is 0 Å². The van der Waals surface area contributed by atoms with Crippen LogP contribution in [0, 0.1) is 5.82 Å². The van der Waals surface area contributed by atoms with Gasteiger partial charge in [0.25, 0.3) is 5.91 Å². The Kier molecular flexibility index (Phi) is 3.91. The van der Waals surface area contributed by atoms with E-state index in [4.69, 9.17) is 0 Å². The summed E-state index contributed by atoms with van der Waals surface area (Å²) in [6, 6.07) is 9.73. The molecule has 1 aromatic carbocycles. The Morgan fingerprint density at radius 2 is 2.09 bits per heavy atom. The van der Waals surface area contributed by atoms with E-state index in [-0.39, 0.29) is 18.3 Å². The molecule has 3 rings (SSSR count). The van der Waals surface area contributed by atoms with Gasteiger partial charge in [-0.15, -0.1) is 0 Å². The number of benzene rings is 1. The van der Waals surface area contributed by atoms with Crippen LogP contribution in [0.4, 0.5) is 4.39 Å². The number of carbonyl (C=O) groups excluding carboxylic acids is 1. The molecule has 0 saturated carbocycles. The van der Waals surface area contributed by atoms with Crippen LogP contribution in [0.2, 0.25) is 0 Å². The van der Waals surface area contributed by atoms with E-state index in [1.807, 2.05) is 0 Å². The lowest BCUT2D eigenvalue weighted by Crippen LogP contribution is -2.23. The van der Waals surface area contributed by atoms with Gasteiger partial charge in [0.2, 0.25) is 0 Å². The van der Waals surface area contributed by atoms with Crippen molar-refractivity contribution < 1.29 is 9.18 Å². The number of carbonyl (C=O) groups is 1. The van der Waals surface area contributed by atoms with E-state index < -0.39 is 0 Å². The average molecular weight is 296 g/mol. The lowest BCUT2D eigenvalue weighted by Gasteiger charge is -2.07. The smallest absolute Gasteiger partial charge is 0.253 e. The molecule has 6 heteroatoms. The summed E-state index contributed by atoms with van der Waals surface area (Å²) in [5, 5.41) is 2.67. The van der Waals surface area contributed by atoms with E-state index in [1.165, 1.54) is 12.3 Å². The normalized spacial score (nSPS) is 10.4. The van der Waals surface area contributed by atoms with Crippen LogP contribution in [-0.2, 0) is 6.54 Å². The molecule has 0 radical (unpaired) electrons. The van der Waals surface area contributed by atoms with Crippen molar-refractivity contribution in [1.29, 1.82) is 0 Å². The fourth-order valence-corrected chi connectivity index (χ4v) is 1.99. The zero-order valence-corrected chi connectivity index (χ0v) is 11.6. The molecule has 2 aromatic heterocycles. The van der Waals surface area contributed by atoms with Gasteiger partial charge in [-0.3, -0.25) is 9.36 Å². The molecule has 0 aliphatic rings. The van der Waals surface area contributed by atoms with Crippen molar-refractivity contribution in [3.63, 3.8) is 0 Å². The Hall–Kier alpha value is -3.02. The first-order valence-electron chi connectivity index (χ1n) is 6.70. The number of amides is 1. The first kappa shape index (κ1) is 13.9. The Balaban J connectivity index is 1.67. The minimum absolute atomic E-state index is 0.134. The summed E-state index contributed by atoms with van der Waals surface area (Å²) in [5.41, 5.74) is 0.860. The van der Waals surface area contributed by atoms with Crippen molar-refractivity contribution in [3.05, 3.63) is 78.3 Å². The van der Waals surface area contributed by atoms with Crippen LogP contribution in [-0.4, -0.2) is 20.4 Å². The van der Waals surface area contributed by atoms with Crippen molar-refractivity contribution in [1.82, 2.24) is 19.9 Å². The van der Waals surface area contributed by atoms with Crippen LogP contribution >= 0.6 is 0 Å². The van der Waals surface area contributed by atoms with Crippen LogP contribution < -0.4 is 5.32 Å². The minimum atomic E-state index is -0.337. The van der Waals surface area contributed by atoms with Gasteiger partial charge in [-0.05, 0) is 18.2 Å². The topological polar surface area (TPSA) is 59.8 Å². The molecule has 1 amide bonds. The van der Waals surface area contributed by atoms with Crippen LogP contribution in [0.25, 0.3) is 5.82 Å². The standard InChI is InChI=1S/C16H13FN4O/c17-14-4-2-1-3-12(14)9-20-16(22)13-5-6-15(19-10-13)21-8-7-18-11-21/h1-8,10-11H,9H2,(H,20,22). The Morgan fingerprint density at radius 1 is 1.23 bits per heavy atom. The van der Waals surface area contributed by atoms with Gasteiger partial charge < -0.3 is 5.32 Å². The molecule has 5 nitrogen and oxygen atoms in total. The monoisotopic (exact) mass is 296 g/mol. The Labute approximate surface area is 126 Å². The third kappa shape index (κ3) is 3.01. The van der Waals surface area contributed by atoms with Crippen molar-refractivity contribution in [3.8, 4) is 5.82 Å². The second-order valence-electron chi connectivity index (χ2n) is 4.65. The molecule has 0 aliphatic carbocycles. The zero-order chi connectivity index (χ0) is 15.4. The summed E-state index contributed by atoms with van der Waals surface area (Å²) in [6.07, 6.45) is 6.52. The summed E-state index contributed by atoms with van der Waals surface area (Å²) >= 11 is 0. The number of nitrogens with zero attached hydrogens (tertiary/aromatic N) is 3. The molecule has 110 valence electrons. The van der Waals surface area contributed by atoms with Crippen LogP contribution in [0.3, 0.4) is 0 Å². The lowest BCUT2D eigenvalue weighted by molar-refractivity contribution is 0.0950. The van der Waals surface area contributed by atoms with Crippen molar-refractivity contribution in [2.45, 2.75) is 6.54 Å². The Morgan fingerprint density at radius 3 is 2.77 bits per heavy atom. The van der Waals surface area contributed by atoms with Gasteiger partial charge >= 0.3 is 0 Å². The molecule has 0 fully saturated rings. The van der Waals surface area contributed by atoms with Crippen molar-refractivity contribution >= 4 is 5.91 Å². The van der Waals surface area contributed by atoms with E-state index in [9.17, 15) is 9.18 Å². The van der Waals surface area contributed by atoms with E-state index in [1.54, 1.807) is 53.6 Å². The van der Waals surface area contributed by atoms with Gasteiger partial charge in [0.05, 0.1) is 5.56 Å². The first-order chi connectivity index (χ1) is 10.7. The van der Waals surface area contributed by atoms with Gasteiger partial charge in [-0.1, -0.05) is 18.2 Å². The van der Waals surface area contributed by atoms with E-state index >= 15 is 0 Å². The molecular formula is C16H13FN4O. The number of imidazole rings is 1. The number of hydrogen-bond donors (Lipinski definition) is 1.